The minimum atomic E-state index is -0.637. The molecule has 1 amide bonds. The number of likely N-dealkylation sites (tertiary alicyclic amines) is 1. The molecule has 9 heteroatoms. The van der Waals surface area contributed by atoms with Gasteiger partial charge < -0.3 is 15.5 Å². The van der Waals surface area contributed by atoms with E-state index in [2.05, 4.69) is 9.97 Å². The van der Waals surface area contributed by atoms with Crippen molar-refractivity contribution in [3.05, 3.63) is 16.4 Å². The second-order valence-corrected chi connectivity index (χ2v) is 4.63. The lowest BCUT2D eigenvalue weighted by Gasteiger charge is -2.21. The van der Waals surface area contributed by atoms with E-state index in [1.165, 1.54) is 4.90 Å². The van der Waals surface area contributed by atoms with E-state index in [4.69, 9.17) is 5.73 Å². The van der Waals surface area contributed by atoms with Crippen molar-refractivity contribution in [2.75, 3.05) is 37.3 Å². The Morgan fingerprint density at radius 1 is 1.50 bits per heavy atom. The van der Waals surface area contributed by atoms with Crippen molar-refractivity contribution in [3.8, 4) is 0 Å². The summed E-state index contributed by atoms with van der Waals surface area (Å²) in [4.78, 5) is 33.0. The maximum atomic E-state index is 12.0. The van der Waals surface area contributed by atoms with Crippen LogP contribution in [-0.4, -0.2) is 52.4 Å². The van der Waals surface area contributed by atoms with Gasteiger partial charge in [0.2, 0.25) is 17.5 Å². The molecule has 0 radical (unpaired) electrons. The Bertz CT molecular complexity index is 529. The number of amides is 1. The summed E-state index contributed by atoms with van der Waals surface area (Å²) in [7, 11) is 1.57. The first kappa shape index (κ1) is 14.0. The summed E-state index contributed by atoms with van der Waals surface area (Å²) in [6.45, 7) is 1.50. The number of likely N-dealkylation sites (N-methyl/N-ethyl adjacent to an activating group) is 1. The summed E-state index contributed by atoms with van der Waals surface area (Å²) in [5, 5.41) is 11.0. The molecule has 2 heterocycles. The number of rotatable bonds is 4. The quantitative estimate of drug-likeness (QED) is 0.610. The van der Waals surface area contributed by atoms with E-state index in [9.17, 15) is 14.9 Å². The average Bonchev–Trinajstić information content (AvgIpc) is 2.91. The molecule has 108 valence electrons. The molecule has 1 saturated heterocycles. The molecule has 1 fully saturated rings. The van der Waals surface area contributed by atoms with Gasteiger partial charge in [0.05, 0.1) is 11.5 Å². The molecule has 1 aromatic heterocycles. The second kappa shape index (κ2) is 5.68. The molecule has 0 bridgehead atoms. The number of hydrogen-bond acceptors (Lipinski definition) is 7. The highest BCUT2D eigenvalue weighted by Crippen LogP contribution is 2.28. The Morgan fingerprint density at radius 3 is 2.75 bits per heavy atom. The van der Waals surface area contributed by atoms with Gasteiger partial charge in [-0.05, 0) is 12.8 Å². The largest absolute Gasteiger partial charge is 0.378 e. The lowest BCUT2D eigenvalue weighted by atomic mass is 10.4. The summed E-state index contributed by atoms with van der Waals surface area (Å²) < 4.78 is 0. The molecule has 2 rings (SSSR count). The lowest BCUT2D eigenvalue weighted by Crippen LogP contribution is -2.37. The van der Waals surface area contributed by atoms with E-state index in [0.29, 0.717) is 0 Å². The summed E-state index contributed by atoms with van der Waals surface area (Å²) in [5.41, 5.74) is 5.13. The predicted molar refractivity (Wildman–Crippen MR) is 72.2 cm³/mol. The molecule has 0 aromatic carbocycles. The normalized spacial score (nSPS) is 14.3. The van der Waals surface area contributed by atoms with Gasteiger partial charge in [0.25, 0.3) is 0 Å². The van der Waals surface area contributed by atoms with Crippen LogP contribution in [0.5, 0.6) is 0 Å². The molecular weight excluding hydrogens is 264 g/mol. The highest BCUT2D eigenvalue weighted by molar-refractivity contribution is 5.82. The first-order chi connectivity index (χ1) is 9.50. The molecule has 1 aromatic rings. The van der Waals surface area contributed by atoms with Crippen molar-refractivity contribution in [1.82, 2.24) is 14.9 Å². The molecule has 0 spiro atoms. The zero-order valence-electron chi connectivity index (χ0n) is 11.2. The number of nitrogen functional groups attached to an aromatic ring is 1. The van der Waals surface area contributed by atoms with Crippen LogP contribution in [0.3, 0.4) is 0 Å². The fourth-order valence-corrected chi connectivity index (χ4v) is 2.18. The molecule has 1 aliphatic rings. The Hall–Kier alpha value is -2.45. The van der Waals surface area contributed by atoms with Gasteiger partial charge in [-0.1, -0.05) is 0 Å². The van der Waals surface area contributed by atoms with Gasteiger partial charge in [0.1, 0.15) is 6.33 Å². The smallest absolute Gasteiger partial charge is 0.353 e. The van der Waals surface area contributed by atoms with Crippen molar-refractivity contribution in [2.24, 2.45) is 0 Å². The van der Waals surface area contributed by atoms with Crippen molar-refractivity contribution >= 4 is 23.2 Å². The number of nitrogens with zero attached hydrogens (tertiary/aromatic N) is 5. The third-order valence-electron chi connectivity index (χ3n) is 3.21. The van der Waals surface area contributed by atoms with Gasteiger partial charge in [-0.3, -0.25) is 14.9 Å². The number of carbonyl (C=O) groups excluding carboxylic acids is 1. The van der Waals surface area contributed by atoms with E-state index >= 15 is 0 Å². The number of hydrogen-bond donors (Lipinski definition) is 1. The zero-order valence-corrected chi connectivity index (χ0v) is 11.2. The SMILES string of the molecule is CN(CC(=O)N1CCCC1)c1ncnc(N)c1[N+](=O)[O-]. The number of nitro groups is 1. The monoisotopic (exact) mass is 280 g/mol. The van der Waals surface area contributed by atoms with Crippen LogP contribution in [0.4, 0.5) is 17.3 Å². The minimum absolute atomic E-state index is 0.0251. The van der Waals surface area contributed by atoms with E-state index in [1.54, 1.807) is 11.9 Å². The van der Waals surface area contributed by atoms with Crippen molar-refractivity contribution in [1.29, 1.82) is 0 Å². The van der Waals surface area contributed by atoms with E-state index in [0.717, 1.165) is 32.3 Å². The fraction of sp³-hybridized carbons (Fsp3) is 0.545. The Balaban J connectivity index is 2.16. The molecule has 0 atom stereocenters. The predicted octanol–water partition coefficient (Wildman–Crippen LogP) is 0.0256. The topological polar surface area (TPSA) is 118 Å². The number of anilines is 2. The molecule has 0 saturated carbocycles. The van der Waals surface area contributed by atoms with Gasteiger partial charge in [0, 0.05) is 20.1 Å². The van der Waals surface area contributed by atoms with Crippen LogP contribution in [0.15, 0.2) is 6.33 Å². The van der Waals surface area contributed by atoms with Gasteiger partial charge >= 0.3 is 5.69 Å². The molecule has 9 nitrogen and oxygen atoms in total. The maximum absolute atomic E-state index is 12.0. The van der Waals surface area contributed by atoms with Gasteiger partial charge in [0.15, 0.2) is 0 Å². The first-order valence-corrected chi connectivity index (χ1v) is 6.24. The van der Waals surface area contributed by atoms with E-state index in [-0.39, 0.29) is 29.8 Å². The van der Waals surface area contributed by atoms with E-state index < -0.39 is 4.92 Å². The Morgan fingerprint density at radius 2 is 2.15 bits per heavy atom. The van der Waals surface area contributed by atoms with Crippen LogP contribution in [0.1, 0.15) is 12.8 Å². The third kappa shape index (κ3) is 2.76. The Kier molecular flexibility index (Phi) is 3.97. The minimum Gasteiger partial charge on any atom is -0.378 e. The van der Waals surface area contributed by atoms with Crippen molar-refractivity contribution < 1.29 is 9.72 Å². The summed E-state index contributed by atoms with van der Waals surface area (Å²) >= 11 is 0. The average molecular weight is 280 g/mol. The molecule has 0 aliphatic carbocycles. The fourth-order valence-electron chi connectivity index (χ4n) is 2.18. The van der Waals surface area contributed by atoms with Crippen molar-refractivity contribution in [2.45, 2.75) is 12.8 Å². The molecule has 2 N–H and O–H groups in total. The van der Waals surface area contributed by atoms with Gasteiger partial charge in [-0.15, -0.1) is 0 Å². The molecule has 1 aliphatic heterocycles. The standard InChI is InChI=1S/C11H16N6O3/c1-15(6-8(18)16-4-2-3-5-16)11-9(17(19)20)10(12)13-7-14-11/h7H,2-6H2,1H3,(H2,12,13,14). The molecule has 20 heavy (non-hydrogen) atoms. The Labute approximate surface area is 115 Å². The first-order valence-electron chi connectivity index (χ1n) is 6.24. The van der Waals surface area contributed by atoms with Crippen LogP contribution >= 0.6 is 0 Å². The lowest BCUT2D eigenvalue weighted by molar-refractivity contribution is -0.383. The van der Waals surface area contributed by atoms with Crippen LogP contribution in [-0.2, 0) is 4.79 Å². The zero-order chi connectivity index (χ0) is 14.7. The summed E-state index contributed by atoms with van der Waals surface area (Å²) in [6, 6.07) is 0. The number of aromatic nitrogens is 2. The van der Waals surface area contributed by atoms with Crippen LogP contribution < -0.4 is 10.6 Å². The highest BCUT2D eigenvalue weighted by atomic mass is 16.6. The summed E-state index contributed by atoms with van der Waals surface area (Å²) in [5.74, 6) is -0.230. The van der Waals surface area contributed by atoms with Gasteiger partial charge in [-0.25, -0.2) is 9.97 Å². The highest BCUT2D eigenvalue weighted by Gasteiger charge is 2.26. The second-order valence-electron chi connectivity index (χ2n) is 4.63. The molecule has 0 unspecified atom stereocenters. The van der Waals surface area contributed by atoms with Gasteiger partial charge in [-0.2, -0.15) is 0 Å². The van der Waals surface area contributed by atoms with Crippen LogP contribution in [0.25, 0.3) is 0 Å². The van der Waals surface area contributed by atoms with E-state index in [1.807, 2.05) is 0 Å². The number of nitrogens with two attached hydrogens (primary N) is 1. The van der Waals surface area contributed by atoms with Crippen LogP contribution in [0, 0.1) is 10.1 Å². The van der Waals surface area contributed by atoms with Crippen molar-refractivity contribution in [3.63, 3.8) is 0 Å². The summed E-state index contributed by atoms with van der Waals surface area (Å²) in [6.07, 6.45) is 3.14. The number of carbonyl (C=O) groups is 1. The maximum Gasteiger partial charge on any atom is 0.353 e. The molecular formula is C11H16N6O3. The van der Waals surface area contributed by atoms with Crippen LogP contribution in [0.2, 0.25) is 0 Å². The third-order valence-corrected chi connectivity index (χ3v) is 3.21.